The molecule has 0 aromatic carbocycles. The van der Waals surface area contributed by atoms with Gasteiger partial charge in [-0.15, -0.1) is 0 Å². The summed E-state index contributed by atoms with van der Waals surface area (Å²) in [6.07, 6.45) is 1.59. The lowest BCUT2D eigenvalue weighted by Gasteiger charge is -2.14. The highest BCUT2D eigenvalue weighted by Crippen LogP contribution is 2.16. The zero-order chi connectivity index (χ0) is 16.3. The lowest BCUT2D eigenvalue weighted by Crippen LogP contribution is -2.39. The van der Waals surface area contributed by atoms with Crippen molar-refractivity contribution in [1.82, 2.24) is 14.1 Å². The van der Waals surface area contributed by atoms with Crippen molar-refractivity contribution in [2.75, 3.05) is 12.4 Å². The topological polar surface area (TPSA) is 102 Å². The molecule has 0 saturated carbocycles. The molecule has 0 bridgehead atoms. The largest absolute Gasteiger partial charge is 0.481 e. The number of nitriles is 1. The Morgan fingerprint density at radius 3 is 2.73 bits per heavy atom. The molecule has 2 aromatic heterocycles. The number of anilines is 1. The maximum Gasteiger partial charge on any atom is 0.332 e. The number of hydrogen-bond acceptors (Lipinski definition) is 6. The van der Waals surface area contributed by atoms with Crippen LogP contribution in [0.25, 0.3) is 0 Å². The molecule has 114 valence electrons. The molecule has 0 radical (unpaired) electrons. The fraction of sp³-hybridized carbons (Fsp3) is 0.286. The second-order valence-electron chi connectivity index (χ2n) is 4.57. The van der Waals surface area contributed by atoms with Crippen LogP contribution < -0.4 is 21.3 Å². The summed E-state index contributed by atoms with van der Waals surface area (Å²) in [4.78, 5) is 28.0. The van der Waals surface area contributed by atoms with Gasteiger partial charge in [-0.05, 0) is 6.07 Å². The zero-order valence-corrected chi connectivity index (χ0v) is 12.5. The fourth-order valence-electron chi connectivity index (χ4n) is 2.07. The van der Waals surface area contributed by atoms with E-state index in [0.29, 0.717) is 5.88 Å². The molecule has 2 rings (SSSR count). The highest BCUT2D eigenvalue weighted by Gasteiger charge is 2.15. The van der Waals surface area contributed by atoms with Crippen LogP contribution in [0, 0.1) is 11.3 Å². The maximum absolute atomic E-state index is 12.0. The monoisotopic (exact) mass is 301 g/mol. The summed E-state index contributed by atoms with van der Waals surface area (Å²) >= 11 is 0. The minimum Gasteiger partial charge on any atom is -0.481 e. The van der Waals surface area contributed by atoms with E-state index in [9.17, 15) is 14.9 Å². The third-order valence-electron chi connectivity index (χ3n) is 3.27. The number of methoxy groups -OCH3 is 1. The molecule has 0 aliphatic carbocycles. The molecule has 0 unspecified atom stereocenters. The van der Waals surface area contributed by atoms with Gasteiger partial charge in [-0.3, -0.25) is 13.9 Å². The Balaban J connectivity index is 2.45. The van der Waals surface area contributed by atoms with Crippen molar-refractivity contribution in [3.63, 3.8) is 0 Å². The third-order valence-corrected chi connectivity index (χ3v) is 3.27. The van der Waals surface area contributed by atoms with E-state index < -0.39 is 11.2 Å². The van der Waals surface area contributed by atoms with Crippen LogP contribution in [-0.4, -0.2) is 21.2 Å². The summed E-state index contributed by atoms with van der Waals surface area (Å²) < 4.78 is 7.26. The van der Waals surface area contributed by atoms with E-state index in [0.717, 1.165) is 10.1 Å². The Labute approximate surface area is 126 Å². The molecule has 8 heteroatoms. The van der Waals surface area contributed by atoms with Crippen LogP contribution in [0.15, 0.2) is 27.9 Å². The predicted octanol–water partition coefficient (Wildman–Crippen LogP) is -0.0286. The molecular formula is C14H15N5O3. The van der Waals surface area contributed by atoms with Gasteiger partial charge in [0.05, 0.1) is 7.11 Å². The summed E-state index contributed by atoms with van der Waals surface area (Å²) in [5.74, 6) is 0.601. The van der Waals surface area contributed by atoms with Crippen molar-refractivity contribution in [2.45, 2.75) is 6.54 Å². The van der Waals surface area contributed by atoms with Crippen LogP contribution in [0.4, 0.5) is 5.82 Å². The van der Waals surface area contributed by atoms with Gasteiger partial charge >= 0.3 is 5.69 Å². The summed E-state index contributed by atoms with van der Waals surface area (Å²) in [7, 11) is 4.32. The number of ether oxygens (including phenoxy) is 1. The normalized spacial score (nSPS) is 10.1. The van der Waals surface area contributed by atoms with Gasteiger partial charge in [-0.2, -0.15) is 5.26 Å². The van der Waals surface area contributed by atoms with E-state index >= 15 is 0 Å². The van der Waals surface area contributed by atoms with Crippen LogP contribution in [0.5, 0.6) is 5.88 Å². The smallest absolute Gasteiger partial charge is 0.332 e. The first kappa shape index (κ1) is 15.3. The molecule has 0 spiro atoms. The average Bonchev–Trinajstić information content (AvgIpc) is 2.55. The first-order chi connectivity index (χ1) is 10.5. The number of pyridine rings is 1. The standard InChI is InChI=1S/C14H15N5O3/c1-18-11(10(7-15)13(20)19(2)14(18)21)17-8-9-5-4-6-16-12(9)22-3/h4-6,17H,8H2,1-3H3. The maximum atomic E-state index is 12.0. The van der Waals surface area contributed by atoms with Crippen molar-refractivity contribution in [2.24, 2.45) is 14.1 Å². The number of nitrogens with zero attached hydrogens (tertiary/aromatic N) is 4. The summed E-state index contributed by atoms with van der Waals surface area (Å²) in [6.45, 7) is 0.256. The Hall–Kier alpha value is -3.08. The van der Waals surface area contributed by atoms with Crippen LogP contribution in [-0.2, 0) is 20.6 Å². The average molecular weight is 301 g/mol. The molecule has 0 aliphatic rings. The second-order valence-corrected chi connectivity index (χ2v) is 4.57. The summed E-state index contributed by atoms with van der Waals surface area (Å²) in [5, 5.41) is 12.1. The highest BCUT2D eigenvalue weighted by molar-refractivity contribution is 5.51. The zero-order valence-electron chi connectivity index (χ0n) is 12.5. The molecule has 0 fully saturated rings. The molecule has 0 atom stereocenters. The fourth-order valence-corrected chi connectivity index (χ4v) is 2.07. The van der Waals surface area contributed by atoms with Crippen molar-refractivity contribution in [1.29, 1.82) is 5.26 Å². The van der Waals surface area contributed by atoms with Crippen LogP contribution in [0.3, 0.4) is 0 Å². The van der Waals surface area contributed by atoms with E-state index in [1.54, 1.807) is 18.3 Å². The summed E-state index contributed by atoms with van der Waals surface area (Å²) in [5.41, 5.74) is -0.523. The molecule has 0 aliphatic heterocycles. The summed E-state index contributed by atoms with van der Waals surface area (Å²) in [6, 6.07) is 5.37. The number of rotatable bonds is 4. The SMILES string of the molecule is COc1ncccc1CNc1c(C#N)c(=O)n(C)c(=O)n1C. The van der Waals surface area contributed by atoms with E-state index in [-0.39, 0.29) is 17.9 Å². The van der Waals surface area contributed by atoms with Gasteiger partial charge in [0.25, 0.3) is 5.56 Å². The molecule has 2 heterocycles. The molecule has 2 aromatic rings. The van der Waals surface area contributed by atoms with Gasteiger partial charge in [0, 0.05) is 32.4 Å². The van der Waals surface area contributed by atoms with E-state index in [2.05, 4.69) is 10.3 Å². The lowest BCUT2D eigenvalue weighted by molar-refractivity contribution is 0.393. The first-order valence-corrected chi connectivity index (χ1v) is 6.43. The highest BCUT2D eigenvalue weighted by atomic mass is 16.5. The van der Waals surface area contributed by atoms with Crippen LogP contribution >= 0.6 is 0 Å². The van der Waals surface area contributed by atoms with Gasteiger partial charge in [-0.1, -0.05) is 6.07 Å². The van der Waals surface area contributed by atoms with Gasteiger partial charge in [0.1, 0.15) is 11.9 Å². The van der Waals surface area contributed by atoms with Gasteiger partial charge < -0.3 is 10.1 Å². The predicted molar refractivity (Wildman–Crippen MR) is 79.8 cm³/mol. The Kier molecular flexibility index (Phi) is 4.27. The number of hydrogen-bond donors (Lipinski definition) is 1. The Morgan fingerprint density at radius 2 is 2.09 bits per heavy atom. The number of aromatic nitrogens is 3. The van der Waals surface area contributed by atoms with Crippen LogP contribution in [0.1, 0.15) is 11.1 Å². The van der Waals surface area contributed by atoms with Crippen molar-refractivity contribution < 1.29 is 4.74 Å². The Morgan fingerprint density at radius 1 is 1.36 bits per heavy atom. The minimum absolute atomic E-state index is 0.118. The quantitative estimate of drug-likeness (QED) is 0.851. The van der Waals surface area contributed by atoms with Crippen molar-refractivity contribution in [3.05, 3.63) is 50.3 Å². The lowest BCUT2D eigenvalue weighted by atomic mass is 10.2. The van der Waals surface area contributed by atoms with Gasteiger partial charge in [-0.25, -0.2) is 9.78 Å². The van der Waals surface area contributed by atoms with E-state index in [1.165, 1.54) is 25.8 Å². The molecule has 0 saturated heterocycles. The third kappa shape index (κ3) is 2.56. The first-order valence-electron chi connectivity index (χ1n) is 6.43. The molecule has 8 nitrogen and oxygen atoms in total. The molecule has 1 N–H and O–H groups in total. The molecule has 0 amide bonds. The minimum atomic E-state index is -0.633. The van der Waals surface area contributed by atoms with E-state index in [4.69, 9.17) is 4.74 Å². The molecular weight excluding hydrogens is 286 g/mol. The Bertz CT molecular complexity index is 860. The number of nitrogens with one attached hydrogen (secondary N) is 1. The molecule has 22 heavy (non-hydrogen) atoms. The van der Waals surface area contributed by atoms with E-state index in [1.807, 2.05) is 6.07 Å². The second kappa shape index (κ2) is 6.13. The van der Waals surface area contributed by atoms with Crippen LogP contribution in [0.2, 0.25) is 0 Å². The van der Waals surface area contributed by atoms with Gasteiger partial charge in [0.15, 0.2) is 5.56 Å². The van der Waals surface area contributed by atoms with Crippen molar-refractivity contribution >= 4 is 5.82 Å². The van der Waals surface area contributed by atoms with Crippen molar-refractivity contribution in [3.8, 4) is 11.9 Å². The van der Waals surface area contributed by atoms with Gasteiger partial charge in [0.2, 0.25) is 5.88 Å².